The van der Waals surface area contributed by atoms with E-state index in [4.69, 9.17) is 21.4 Å². The number of carbonyl (C=O) groups excluding carboxylic acids is 1. The first kappa shape index (κ1) is 18.4. The van der Waals surface area contributed by atoms with Crippen LogP contribution in [0.15, 0.2) is 24.3 Å². The van der Waals surface area contributed by atoms with Crippen molar-refractivity contribution in [3.8, 4) is 5.75 Å². The predicted octanol–water partition coefficient (Wildman–Crippen LogP) is 3.00. The van der Waals surface area contributed by atoms with Crippen LogP contribution in [-0.4, -0.2) is 48.2 Å². The molecular weight excluding hydrogens is 332 g/mol. The summed E-state index contributed by atoms with van der Waals surface area (Å²) in [6, 6.07) is 7.07. The number of hydrogen-bond acceptors (Lipinski definition) is 3. The first-order valence-electron chi connectivity index (χ1n) is 8.09. The molecule has 1 fully saturated rings. The van der Waals surface area contributed by atoms with Gasteiger partial charge in [-0.25, -0.2) is 4.79 Å². The molecule has 0 atom stereocenters. The van der Waals surface area contributed by atoms with E-state index in [2.05, 4.69) is 5.32 Å². The van der Waals surface area contributed by atoms with E-state index in [-0.39, 0.29) is 18.0 Å². The molecule has 0 radical (unpaired) electrons. The predicted molar refractivity (Wildman–Crippen MR) is 91.5 cm³/mol. The maximum atomic E-state index is 12.2. The number of carboxylic acids is 1. The van der Waals surface area contributed by atoms with Crippen LogP contribution >= 0.6 is 11.6 Å². The second-order valence-corrected chi connectivity index (χ2v) is 6.44. The molecule has 1 aromatic rings. The van der Waals surface area contributed by atoms with Gasteiger partial charge in [0.15, 0.2) is 0 Å². The zero-order valence-corrected chi connectivity index (χ0v) is 14.5. The smallest absolute Gasteiger partial charge is 0.317 e. The topological polar surface area (TPSA) is 78.9 Å². The zero-order valence-electron chi connectivity index (χ0n) is 13.7. The quantitative estimate of drug-likeness (QED) is 0.823. The molecule has 0 spiro atoms. The van der Waals surface area contributed by atoms with Crippen molar-refractivity contribution in [3.63, 3.8) is 0 Å². The van der Waals surface area contributed by atoms with Crippen LogP contribution in [0.1, 0.15) is 25.7 Å². The number of benzene rings is 1. The monoisotopic (exact) mass is 354 g/mol. The zero-order chi connectivity index (χ0) is 17.5. The van der Waals surface area contributed by atoms with Gasteiger partial charge in [0.05, 0.1) is 17.5 Å². The Bertz CT molecular complexity index is 573. The number of aliphatic carboxylic acids is 1. The van der Waals surface area contributed by atoms with Crippen LogP contribution in [-0.2, 0) is 4.79 Å². The lowest BCUT2D eigenvalue weighted by Gasteiger charge is -2.28. The highest BCUT2D eigenvalue weighted by atomic mass is 35.5. The Balaban J connectivity index is 1.69. The van der Waals surface area contributed by atoms with E-state index in [0.717, 1.165) is 0 Å². The van der Waals surface area contributed by atoms with Crippen LogP contribution in [0.4, 0.5) is 4.79 Å². The molecule has 1 aliphatic carbocycles. The fourth-order valence-corrected chi connectivity index (χ4v) is 2.92. The van der Waals surface area contributed by atoms with Crippen molar-refractivity contribution in [1.29, 1.82) is 0 Å². The van der Waals surface area contributed by atoms with Gasteiger partial charge in [-0.05, 0) is 37.8 Å². The van der Waals surface area contributed by atoms with E-state index in [1.54, 1.807) is 24.1 Å². The summed E-state index contributed by atoms with van der Waals surface area (Å²) in [5, 5.41) is 12.5. The fraction of sp³-hybridized carbons (Fsp3) is 0.529. The lowest BCUT2D eigenvalue weighted by Crippen LogP contribution is -2.45. The molecule has 2 rings (SSSR count). The number of nitrogens with zero attached hydrogens (tertiary/aromatic N) is 1. The first-order valence-corrected chi connectivity index (χ1v) is 8.47. The maximum Gasteiger partial charge on any atom is 0.317 e. The standard InChI is InChI=1S/C17H23ClN2O4/c1-20(10-11-24-15-5-3-2-4-14(15)18)17(23)19-13-8-6-12(7-9-13)16(21)22/h2-5,12-13H,6-11H2,1H3,(H,19,23)(H,21,22). The number of urea groups is 1. The number of hydrogen-bond donors (Lipinski definition) is 2. The minimum absolute atomic E-state index is 0.0417. The van der Waals surface area contributed by atoms with E-state index in [9.17, 15) is 9.59 Å². The third kappa shape index (κ3) is 5.30. The molecule has 0 saturated heterocycles. The molecule has 0 aromatic heterocycles. The normalized spacial score (nSPS) is 20.2. The molecule has 1 aliphatic rings. The maximum absolute atomic E-state index is 12.2. The molecule has 0 bridgehead atoms. The summed E-state index contributed by atoms with van der Waals surface area (Å²) in [6.07, 6.45) is 2.62. The molecule has 6 nitrogen and oxygen atoms in total. The van der Waals surface area contributed by atoms with Gasteiger partial charge in [-0.15, -0.1) is 0 Å². The van der Waals surface area contributed by atoms with Crippen molar-refractivity contribution in [2.75, 3.05) is 20.2 Å². The summed E-state index contributed by atoms with van der Waals surface area (Å²) in [6.45, 7) is 0.779. The van der Waals surface area contributed by atoms with E-state index in [1.807, 2.05) is 12.1 Å². The molecule has 1 saturated carbocycles. The van der Waals surface area contributed by atoms with Gasteiger partial charge in [-0.1, -0.05) is 23.7 Å². The number of likely N-dealkylation sites (N-methyl/N-ethyl adjacent to an activating group) is 1. The third-order valence-electron chi connectivity index (χ3n) is 4.27. The lowest BCUT2D eigenvalue weighted by molar-refractivity contribution is -0.142. The number of nitrogens with one attached hydrogen (secondary N) is 1. The van der Waals surface area contributed by atoms with Crippen LogP contribution in [0.2, 0.25) is 5.02 Å². The first-order chi connectivity index (χ1) is 11.5. The summed E-state index contributed by atoms with van der Waals surface area (Å²) < 4.78 is 5.57. The number of ether oxygens (including phenoxy) is 1. The van der Waals surface area contributed by atoms with E-state index >= 15 is 0 Å². The van der Waals surface area contributed by atoms with Crippen LogP contribution in [0.3, 0.4) is 0 Å². The van der Waals surface area contributed by atoms with Gasteiger partial charge in [0.25, 0.3) is 0 Å². The largest absolute Gasteiger partial charge is 0.490 e. The molecule has 2 amide bonds. The molecular formula is C17H23ClN2O4. The van der Waals surface area contributed by atoms with Crippen molar-refractivity contribution >= 4 is 23.6 Å². The Labute approximate surface area is 146 Å². The molecule has 0 unspecified atom stereocenters. The SMILES string of the molecule is CN(CCOc1ccccc1Cl)C(=O)NC1CCC(C(=O)O)CC1. The lowest BCUT2D eigenvalue weighted by atomic mass is 9.86. The van der Waals surface area contributed by atoms with E-state index < -0.39 is 5.97 Å². The van der Waals surface area contributed by atoms with Gasteiger partial charge in [0.1, 0.15) is 12.4 Å². The highest BCUT2D eigenvalue weighted by molar-refractivity contribution is 6.32. The second kappa shape index (κ2) is 8.78. The summed E-state index contributed by atoms with van der Waals surface area (Å²) in [5.41, 5.74) is 0. The van der Waals surface area contributed by atoms with Crippen LogP contribution in [0.5, 0.6) is 5.75 Å². The van der Waals surface area contributed by atoms with Gasteiger partial charge in [0, 0.05) is 13.1 Å². The number of halogens is 1. The van der Waals surface area contributed by atoms with E-state index in [1.165, 1.54) is 0 Å². The highest BCUT2D eigenvalue weighted by Crippen LogP contribution is 2.25. The average molecular weight is 355 g/mol. The molecule has 7 heteroatoms. The minimum atomic E-state index is -0.742. The number of carboxylic acid groups (broad SMARTS) is 1. The van der Waals surface area contributed by atoms with Gasteiger partial charge in [-0.2, -0.15) is 0 Å². The number of para-hydroxylation sites is 1. The summed E-state index contributed by atoms with van der Waals surface area (Å²) in [4.78, 5) is 24.6. The van der Waals surface area contributed by atoms with E-state index in [0.29, 0.717) is 49.6 Å². The van der Waals surface area contributed by atoms with Gasteiger partial charge in [0.2, 0.25) is 0 Å². The van der Waals surface area contributed by atoms with Crippen molar-refractivity contribution < 1.29 is 19.4 Å². The molecule has 0 aliphatic heterocycles. The Morgan fingerprint density at radius 1 is 1.29 bits per heavy atom. The average Bonchev–Trinajstić information content (AvgIpc) is 2.57. The molecule has 2 N–H and O–H groups in total. The Hall–Kier alpha value is -1.95. The van der Waals surface area contributed by atoms with Crippen LogP contribution in [0.25, 0.3) is 0 Å². The second-order valence-electron chi connectivity index (χ2n) is 6.04. The Kier molecular flexibility index (Phi) is 6.73. The van der Waals surface area contributed by atoms with Crippen LogP contribution in [0, 0.1) is 5.92 Å². The molecule has 132 valence electrons. The van der Waals surface area contributed by atoms with Crippen molar-refractivity contribution in [3.05, 3.63) is 29.3 Å². The minimum Gasteiger partial charge on any atom is -0.490 e. The molecule has 0 heterocycles. The molecule has 1 aromatic carbocycles. The number of carbonyl (C=O) groups is 2. The number of rotatable bonds is 6. The van der Waals surface area contributed by atoms with Crippen molar-refractivity contribution in [2.24, 2.45) is 5.92 Å². The van der Waals surface area contributed by atoms with Gasteiger partial charge < -0.3 is 20.1 Å². The van der Waals surface area contributed by atoms with Crippen LogP contribution < -0.4 is 10.1 Å². The highest BCUT2D eigenvalue weighted by Gasteiger charge is 2.27. The Morgan fingerprint density at radius 3 is 2.58 bits per heavy atom. The summed E-state index contributed by atoms with van der Waals surface area (Å²) >= 11 is 6.01. The number of amides is 2. The third-order valence-corrected chi connectivity index (χ3v) is 4.58. The van der Waals surface area contributed by atoms with Crippen molar-refractivity contribution in [2.45, 2.75) is 31.7 Å². The van der Waals surface area contributed by atoms with Gasteiger partial charge in [-0.3, -0.25) is 4.79 Å². The summed E-state index contributed by atoms with van der Waals surface area (Å²) in [7, 11) is 1.70. The van der Waals surface area contributed by atoms with Crippen molar-refractivity contribution in [1.82, 2.24) is 10.2 Å². The Morgan fingerprint density at radius 2 is 1.96 bits per heavy atom. The molecule has 24 heavy (non-hydrogen) atoms. The van der Waals surface area contributed by atoms with Gasteiger partial charge >= 0.3 is 12.0 Å². The summed E-state index contributed by atoms with van der Waals surface area (Å²) in [5.74, 6) is -0.423. The fourth-order valence-electron chi connectivity index (χ4n) is 2.73.